The van der Waals surface area contributed by atoms with Crippen molar-refractivity contribution >= 4 is 10.8 Å². The standard InChI is InChI=1S/C38H24N2O/c1-3-10-25(11-4-1)33-24-34(40-38(39-33)27-12-5-2-6-13-27)30-17-7-16-28(22-30)29-20-21-35-32(23-29)31-18-8-14-26-15-9-19-36(41-35)37(26)31/h1-24H. The lowest BCUT2D eigenvalue weighted by molar-refractivity contribution is 0.487. The van der Waals surface area contributed by atoms with Crippen LogP contribution in [0.1, 0.15) is 0 Å². The van der Waals surface area contributed by atoms with E-state index in [4.69, 9.17) is 14.7 Å². The topological polar surface area (TPSA) is 35.0 Å². The molecule has 2 heterocycles. The van der Waals surface area contributed by atoms with Gasteiger partial charge in [-0.1, -0.05) is 115 Å². The highest BCUT2D eigenvalue weighted by Gasteiger charge is 2.20. The van der Waals surface area contributed by atoms with Crippen LogP contribution in [-0.4, -0.2) is 9.97 Å². The molecule has 0 atom stereocenters. The summed E-state index contributed by atoms with van der Waals surface area (Å²) in [6.45, 7) is 0. The first-order chi connectivity index (χ1) is 20.3. The summed E-state index contributed by atoms with van der Waals surface area (Å²) >= 11 is 0. The number of hydrogen-bond donors (Lipinski definition) is 0. The average Bonchev–Trinajstić information content (AvgIpc) is 3.05. The van der Waals surface area contributed by atoms with Crippen molar-refractivity contribution in [2.75, 3.05) is 0 Å². The van der Waals surface area contributed by atoms with Gasteiger partial charge < -0.3 is 4.74 Å². The van der Waals surface area contributed by atoms with E-state index in [1.54, 1.807) is 0 Å². The Morgan fingerprint density at radius 2 is 1.02 bits per heavy atom. The van der Waals surface area contributed by atoms with E-state index in [1.807, 2.05) is 48.5 Å². The Kier molecular flexibility index (Phi) is 5.46. The van der Waals surface area contributed by atoms with Crippen LogP contribution in [0, 0.1) is 0 Å². The van der Waals surface area contributed by atoms with Gasteiger partial charge in [-0.05, 0) is 52.4 Å². The van der Waals surface area contributed by atoms with Crippen molar-refractivity contribution in [3.8, 4) is 67.7 Å². The lowest BCUT2D eigenvalue weighted by Crippen LogP contribution is -1.97. The van der Waals surface area contributed by atoms with Crippen molar-refractivity contribution in [3.63, 3.8) is 0 Å². The second kappa shape index (κ2) is 9.58. The van der Waals surface area contributed by atoms with Crippen LogP contribution in [0.15, 0.2) is 146 Å². The van der Waals surface area contributed by atoms with E-state index < -0.39 is 0 Å². The number of hydrogen-bond acceptors (Lipinski definition) is 3. The van der Waals surface area contributed by atoms with Gasteiger partial charge in [-0.3, -0.25) is 0 Å². The van der Waals surface area contributed by atoms with Crippen LogP contribution in [0.2, 0.25) is 0 Å². The number of aromatic nitrogens is 2. The Labute approximate surface area is 238 Å². The van der Waals surface area contributed by atoms with Crippen LogP contribution in [0.25, 0.3) is 66.9 Å². The Morgan fingerprint density at radius 3 is 1.83 bits per heavy atom. The molecule has 0 N–H and O–H groups in total. The highest BCUT2D eigenvalue weighted by Crippen LogP contribution is 2.47. The molecule has 1 aliphatic rings. The Bertz CT molecular complexity index is 2000. The molecular formula is C38H24N2O. The van der Waals surface area contributed by atoms with Crippen molar-refractivity contribution in [1.29, 1.82) is 0 Å². The molecule has 0 bridgehead atoms. The summed E-state index contributed by atoms with van der Waals surface area (Å²) in [4.78, 5) is 9.96. The maximum atomic E-state index is 6.33. The minimum atomic E-state index is 0.713. The number of benzene rings is 6. The van der Waals surface area contributed by atoms with E-state index in [0.717, 1.165) is 61.7 Å². The zero-order valence-electron chi connectivity index (χ0n) is 22.2. The number of fused-ring (bicyclic) bond motifs is 2. The fourth-order valence-corrected chi connectivity index (χ4v) is 5.67. The normalized spacial score (nSPS) is 11.6. The predicted octanol–water partition coefficient (Wildman–Crippen LogP) is 10.1. The Balaban J connectivity index is 1.25. The van der Waals surface area contributed by atoms with E-state index in [2.05, 4.69) is 97.1 Å². The molecule has 0 radical (unpaired) electrons. The van der Waals surface area contributed by atoms with Crippen LogP contribution in [0.3, 0.4) is 0 Å². The largest absolute Gasteiger partial charge is 0.456 e. The number of nitrogens with zero attached hydrogens (tertiary/aromatic N) is 2. The molecule has 41 heavy (non-hydrogen) atoms. The molecule has 6 aromatic carbocycles. The third-order valence-electron chi connectivity index (χ3n) is 7.68. The number of ether oxygens (including phenoxy) is 1. The summed E-state index contributed by atoms with van der Waals surface area (Å²) in [6.07, 6.45) is 0. The molecule has 0 amide bonds. The average molecular weight is 525 g/mol. The Hall–Kier alpha value is -5.54. The van der Waals surface area contributed by atoms with E-state index in [1.165, 1.54) is 10.9 Å². The molecule has 192 valence electrons. The van der Waals surface area contributed by atoms with Crippen LogP contribution in [-0.2, 0) is 0 Å². The first kappa shape index (κ1) is 23.4. The second-order valence-corrected chi connectivity index (χ2v) is 10.2. The van der Waals surface area contributed by atoms with Gasteiger partial charge in [-0.15, -0.1) is 0 Å². The molecule has 0 unspecified atom stereocenters. The first-order valence-electron chi connectivity index (χ1n) is 13.7. The van der Waals surface area contributed by atoms with Gasteiger partial charge in [-0.2, -0.15) is 0 Å². The van der Waals surface area contributed by atoms with Crippen LogP contribution < -0.4 is 4.74 Å². The van der Waals surface area contributed by atoms with E-state index in [-0.39, 0.29) is 0 Å². The van der Waals surface area contributed by atoms with Crippen LogP contribution in [0.5, 0.6) is 11.5 Å². The highest BCUT2D eigenvalue weighted by atomic mass is 16.5. The molecule has 0 saturated carbocycles. The lowest BCUT2D eigenvalue weighted by Gasteiger charge is -2.22. The van der Waals surface area contributed by atoms with Crippen molar-refractivity contribution in [3.05, 3.63) is 146 Å². The van der Waals surface area contributed by atoms with Gasteiger partial charge >= 0.3 is 0 Å². The fraction of sp³-hybridized carbons (Fsp3) is 0. The molecule has 0 saturated heterocycles. The molecule has 0 fully saturated rings. The number of rotatable bonds is 4. The monoisotopic (exact) mass is 524 g/mol. The second-order valence-electron chi connectivity index (χ2n) is 10.2. The van der Waals surface area contributed by atoms with Gasteiger partial charge in [0, 0.05) is 27.6 Å². The van der Waals surface area contributed by atoms with E-state index in [0.29, 0.717) is 5.82 Å². The first-order valence-corrected chi connectivity index (χ1v) is 13.7. The predicted molar refractivity (Wildman–Crippen MR) is 167 cm³/mol. The van der Waals surface area contributed by atoms with Gasteiger partial charge in [0.1, 0.15) is 11.5 Å². The highest BCUT2D eigenvalue weighted by molar-refractivity contribution is 6.04. The summed E-state index contributed by atoms with van der Waals surface area (Å²) in [5.74, 6) is 2.50. The summed E-state index contributed by atoms with van der Waals surface area (Å²) in [5, 5.41) is 2.35. The fourth-order valence-electron chi connectivity index (χ4n) is 5.67. The molecule has 1 aromatic heterocycles. The molecule has 8 rings (SSSR count). The van der Waals surface area contributed by atoms with Gasteiger partial charge in [0.15, 0.2) is 5.82 Å². The summed E-state index contributed by atoms with van der Waals surface area (Å²) in [6, 6.07) is 50.2. The van der Waals surface area contributed by atoms with Crippen molar-refractivity contribution in [2.45, 2.75) is 0 Å². The smallest absolute Gasteiger partial charge is 0.160 e. The molecule has 7 aromatic rings. The zero-order chi connectivity index (χ0) is 27.2. The van der Waals surface area contributed by atoms with Gasteiger partial charge in [0.25, 0.3) is 0 Å². The summed E-state index contributed by atoms with van der Waals surface area (Å²) in [7, 11) is 0. The quantitative estimate of drug-likeness (QED) is 0.230. The molecule has 0 aliphatic carbocycles. The third-order valence-corrected chi connectivity index (χ3v) is 7.68. The van der Waals surface area contributed by atoms with Crippen molar-refractivity contribution < 1.29 is 4.74 Å². The molecule has 3 nitrogen and oxygen atoms in total. The maximum Gasteiger partial charge on any atom is 0.160 e. The summed E-state index contributed by atoms with van der Waals surface area (Å²) < 4.78 is 6.33. The maximum absolute atomic E-state index is 6.33. The molecular weight excluding hydrogens is 500 g/mol. The molecule has 0 spiro atoms. The Morgan fingerprint density at radius 1 is 0.390 bits per heavy atom. The van der Waals surface area contributed by atoms with Crippen LogP contribution >= 0.6 is 0 Å². The minimum Gasteiger partial charge on any atom is -0.456 e. The summed E-state index contributed by atoms with van der Waals surface area (Å²) in [5.41, 5.74) is 9.45. The van der Waals surface area contributed by atoms with Gasteiger partial charge in [0.2, 0.25) is 0 Å². The van der Waals surface area contributed by atoms with Gasteiger partial charge in [-0.25, -0.2) is 9.97 Å². The minimum absolute atomic E-state index is 0.713. The third kappa shape index (κ3) is 4.16. The molecule has 3 heteroatoms. The SMILES string of the molecule is c1ccc(-c2cc(-c3cccc(-c4ccc5c(c4)-c4cccc6cccc(c46)O5)c3)nc(-c3ccccc3)n2)cc1. The van der Waals surface area contributed by atoms with Crippen molar-refractivity contribution in [1.82, 2.24) is 9.97 Å². The van der Waals surface area contributed by atoms with E-state index in [9.17, 15) is 0 Å². The van der Waals surface area contributed by atoms with Crippen LogP contribution in [0.4, 0.5) is 0 Å². The van der Waals surface area contributed by atoms with E-state index >= 15 is 0 Å². The lowest BCUT2D eigenvalue weighted by atomic mass is 9.92. The zero-order valence-corrected chi connectivity index (χ0v) is 22.2. The van der Waals surface area contributed by atoms with Gasteiger partial charge in [0.05, 0.1) is 11.4 Å². The molecule has 1 aliphatic heterocycles. The van der Waals surface area contributed by atoms with Crippen molar-refractivity contribution in [2.24, 2.45) is 0 Å².